The van der Waals surface area contributed by atoms with Gasteiger partial charge in [0.25, 0.3) is 5.56 Å². The topological polar surface area (TPSA) is 71.2 Å². The third-order valence-electron chi connectivity index (χ3n) is 4.61. The highest BCUT2D eigenvalue weighted by Crippen LogP contribution is 2.25. The molecule has 2 N–H and O–H groups in total. The fourth-order valence-corrected chi connectivity index (χ4v) is 3.11. The smallest absolute Gasteiger partial charge is 0.255 e. The zero-order valence-electron chi connectivity index (χ0n) is 15.9. The second kappa shape index (κ2) is 9.73. The summed E-state index contributed by atoms with van der Waals surface area (Å²) >= 11 is 0. The average Bonchev–Trinajstić information content (AvgIpc) is 2.67. The van der Waals surface area contributed by atoms with Crippen molar-refractivity contribution in [3.05, 3.63) is 81.3 Å². The van der Waals surface area contributed by atoms with Crippen molar-refractivity contribution in [2.45, 2.75) is 13.0 Å². The summed E-state index contributed by atoms with van der Waals surface area (Å²) in [5, 5.41) is 3.70. The van der Waals surface area contributed by atoms with E-state index in [1.807, 2.05) is 0 Å². The number of rotatable bonds is 7. The first kappa shape index (κ1) is 22.7. The van der Waals surface area contributed by atoms with E-state index in [4.69, 9.17) is 4.74 Å². The quantitative estimate of drug-likeness (QED) is 0.449. The molecule has 5 nitrogen and oxygen atoms in total. The van der Waals surface area contributed by atoms with Gasteiger partial charge in [-0.05, 0) is 42.1 Å². The maximum absolute atomic E-state index is 14.7. The van der Waals surface area contributed by atoms with Crippen molar-refractivity contribution in [3.8, 4) is 0 Å². The Morgan fingerprint density at radius 3 is 2.52 bits per heavy atom. The lowest BCUT2D eigenvalue weighted by atomic mass is 9.95. The van der Waals surface area contributed by atoms with E-state index in [0.717, 1.165) is 12.1 Å². The molecule has 0 unspecified atom stereocenters. The van der Waals surface area contributed by atoms with Crippen LogP contribution in [0.25, 0.3) is 10.8 Å². The minimum absolute atomic E-state index is 0. The molecule has 154 valence electrons. The summed E-state index contributed by atoms with van der Waals surface area (Å²) < 4.78 is 34.3. The Morgan fingerprint density at radius 2 is 1.86 bits per heavy atom. The first-order chi connectivity index (χ1) is 13.4. The Balaban J connectivity index is 0.00000300. The van der Waals surface area contributed by atoms with Crippen LogP contribution in [-0.4, -0.2) is 31.0 Å². The van der Waals surface area contributed by atoms with Gasteiger partial charge in [0.1, 0.15) is 11.6 Å². The molecular formula is C21H21ClF2N2O3. The molecule has 0 bridgehead atoms. The Bertz CT molecular complexity index is 1060. The van der Waals surface area contributed by atoms with Crippen LogP contribution in [-0.2, 0) is 4.74 Å². The number of hydrogen-bond donors (Lipinski definition) is 2. The maximum atomic E-state index is 14.7. The minimum atomic E-state index is -0.942. The number of aromatic nitrogens is 1. The van der Waals surface area contributed by atoms with Crippen molar-refractivity contribution in [1.29, 1.82) is 0 Å². The van der Waals surface area contributed by atoms with Crippen LogP contribution in [0.1, 0.15) is 34.5 Å². The third kappa shape index (κ3) is 4.70. The standard InChI is InChI=1S/C21H20F2N2O3.ClH/c1-12(24-8-9-28-2)13-10-17(22)19(18(23)11-13)20(26)15-4-3-5-16-14(15)6-7-25-21(16)27;/h3-7,10-12,24H,8-9H2,1-2H3,(H,25,27);1H/t12-;/m0./s1. The van der Waals surface area contributed by atoms with Gasteiger partial charge in [-0.2, -0.15) is 0 Å². The van der Waals surface area contributed by atoms with Gasteiger partial charge in [-0.15, -0.1) is 12.4 Å². The van der Waals surface area contributed by atoms with Crippen LogP contribution in [0.2, 0.25) is 0 Å². The van der Waals surface area contributed by atoms with Crippen LogP contribution in [0.4, 0.5) is 8.78 Å². The molecule has 0 fully saturated rings. The third-order valence-corrected chi connectivity index (χ3v) is 4.61. The monoisotopic (exact) mass is 422 g/mol. The molecule has 1 heterocycles. The molecule has 8 heteroatoms. The van der Waals surface area contributed by atoms with Gasteiger partial charge in [-0.1, -0.05) is 12.1 Å². The van der Waals surface area contributed by atoms with E-state index in [1.165, 1.54) is 24.4 Å². The number of fused-ring (bicyclic) bond motifs is 1. The number of methoxy groups -OCH3 is 1. The Morgan fingerprint density at radius 1 is 1.17 bits per heavy atom. The number of hydrogen-bond acceptors (Lipinski definition) is 4. The lowest BCUT2D eigenvalue weighted by Crippen LogP contribution is -2.23. The number of aromatic amines is 1. The van der Waals surface area contributed by atoms with Crippen molar-refractivity contribution in [2.24, 2.45) is 0 Å². The zero-order chi connectivity index (χ0) is 20.3. The predicted molar refractivity (Wildman–Crippen MR) is 110 cm³/mol. The number of carbonyl (C=O) groups excluding carboxylic acids is 1. The molecule has 29 heavy (non-hydrogen) atoms. The maximum Gasteiger partial charge on any atom is 0.255 e. The van der Waals surface area contributed by atoms with E-state index < -0.39 is 23.0 Å². The van der Waals surface area contributed by atoms with Gasteiger partial charge in [0.05, 0.1) is 12.2 Å². The van der Waals surface area contributed by atoms with Crippen molar-refractivity contribution >= 4 is 29.0 Å². The van der Waals surface area contributed by atoms with E-state index in [2.05, 4.69) is 10.3 Å². The molecule has 0 aliphatic heterocycles. The molecular weight excluding hydrogens is 402 g/mol. The van der Waals surface area contributed by atoms with Crippen molar-refractivity contribution in [2.75, 3.05) is 20.3 Å². The summed E-state index contributed by atoms with van der Waals surface area (Å²) in [6, 6.07) is 8.03. The molecule has 0 aliphatic rings. The normalized spacial score (nSPS) is 11.9. The van der Waals surface area contributed by atoms with Crippen LogP contribution in [0.3, 0.4) is 0 Å². The fourth-order valence-electron chi connectivity index (χ4n) is 3.11. The molecule has 2 aromatic carbocycles. The summed E-state index contributed by atoms with van der Waals surface area (Å²) in [6.07, 6.45) is 1.39. The van der Waals surface area contributed by atoms with E-state index in [-0.39, 0.29) is 35.0 Å². The summed E-state index contributed by atoms with van der Waals surface area (Å²) in [5.41, 5.74) is -0.558. The second-order valence-electron chi connectivity index (χ2n) is 6.43. The number of ether oxygens (including phenoxy) is 1. The van der Waals surface area contributed by atoms with Crippen LogP contribution in [0.5, 0.6) is 0 Å². The molecule has 0 spiro atoms. The average molecular weight is 423 g/mol. The minimum Gasteiger partial charge on any atom is -0.383 e. The van der Waals surface area contributed by atoms with Crippen LogP contribution in [0, 0.1) is 11.6 Å². The highest BCUT2D eigenvalue weighted by atomic mass is 35.5. The SMILES string of the molecule is COCCN[C@@H](C)c1cc(F)c(C(=O)c2cccc3c(=O)[nH]ccc23)c(F)c1.Cl. The second-order valence-corrected chi connectivity index (χ2v) is 6.43. The predicted octanol–water partition coefficient (Wildman–Crippen LogP) is 3.76. The lowest BCUT2D eigenvalue weighted by Gasteiger charge is -2.16. The van der Waals surface area contributed by atoms with Gasteiger partial charge >= 0.3 is 0 Å². The van der Waals surface area contributed by atoms with Gasteiger partial charge in [-0.25, -0.2) is 8.78 Å². The number of benzene rings is 2. The number of ketones is 1. The summed E-state index contributed by atoms with van der Waals surface area (Å²) in [4.78, 5) is 27.3. The number of pyridine rings is 1. The van der Waals surface area contributed by atoms with Crippen LogP contribution >= 0.6 is 12.4 Å². The Labute approximate surface area is 172 Å². The number of carbonyl (C=O) groups is 1. The van der Waals surface area contributed by atoms with E-state index >= 15 is 0 Å². The molecule has 3 rings (SSSR count). The molecule has 1 aromatic heterocycles. The fraction of sp³-hybridized carbons (Fsp3) is 0.238. The molecule has 0 saturated carbocycles. The first-order valence-electron chi connectivity index (χ1n) is 8.80. The lowest BCUT2D eigenvalue weighted by molar-refractivity contribution is 0.103. The van der Waals surface area contributed by atoms with E-state index in [1.54, 1.807) is 20.1 Å². The van der Waals surface area contributed by atoms with E-state index in [0.29, 0.717) is 24.1 Å². The molecule has 0 amide bonds. The molecule has 0 aliphatic carbocycles. The highest BCUT2D eigenvalue weighted by molar-refractivity contribution is 6.16. The van der Waals surface area contributed by atoms with Crippen LogP contribution in [0.15, 0.2) is 47.4 Å². The molecule has 0 radical (unpaired) electrons. The zero-order valence-corrected chi connectivity index (χ0v) is 16.7. The molecule has 3 aromatic rings. The number of nitrogens with one attached hydrogen (secondary N) is 2. The summed E-state index contributed by atoms with van der Waals surface area (Å²) in [7, 11) is 1.56. The summed E-state index contributed by atoms with van der Waals surface area (Å²) in [5.74, 6) is -2.69. The number of halogens is 3. The molecule has 0 saturated heterocycles. The van der Waals surface area contributed by atoms with Crippen LogP contribution < -0.4 is 10.9 Å². The first-order valence-corrected chi connectivity index (χ1v) is 8.80. The van der Waals surface area contributed by atoms with Gasteiger partial charge in [0.2, 0.25) is 0 Å². The largest absolute Gasteiger partial charge is 0.383 e. The van der Waals surface area contributed by atoms with Crippen molar-refractivity contribution < 1.29 is 18.3 Å². The molecule has 1 atom stereocenters. The highest BCUT2D eigenvalue weighted by Gasteiger charge is 2.23. The van der Waals surface area contributed by atoms with Gasteiger partial charge in [0, 0.05) is 36.8 Å². The Kier molecular flexibility index (Phi) is 7.61. The van der Waals surface area contributed by atoms with Gasteiger partial charge < -0.3 is 15.0 Å². The number of H-pyrrole nitrogens is 1. The van der Waals surface area contributed by atoms with E-state index in [9.17, 15) is 18.4 Å². The van der Waals surface area contributed by atoms with Crippen molar-refractivity contribution in [1.82, 2.24) is 10.3 Å². The summed E-state index contributed by atoms with van der Waals surface area (Å²) in [6.45, 7) is 2.75. The Hall–Kier alpha value is -2.61. The van der Waals surface area contributed by atoms with Crippen molar-refractivity contribution in [3.63, 3.8) is 0 Å². The van der Waals surface area contributed by atoms with Gasteiger partial charge in [0.15, 0.2) is 5.78 Å². The van der Waals surface area contributed by atoms with Gasteiger partial charge in [-0.3, -0.25) is 9.59 Å².